The van der Waals surface area contributed by atoms with Gasteiger partial charge >= 0.3 is 5.97 Å². The maximum atomic E-state index is 10.9. The first-order chi connectivity index (χ1) is 8.56. The minimum Gasteiger partial charge on any atom is -0.475 e. The van der Waals surface area contributed by atoms with Crippen LogP contribution in [0.3, 0.4) is 0 Å². The number of furan rings is 1. The first-order valence-corrected chi connectivity index (χ1v) is 6.94. The van der Waals surface area contributed by atoms with Crippen LogP contribution in [0, 0.1) is 0 Å². The largest absolute Gasteiger partial charge is 0.475 e. The summed E-state index contributed by atoms with van der Waals surface area (Å²) >= 11 is 5.06. The fraction of sp³-hybridized carbons (Fsp3) is 0.250. The summed E-state index contributed by atoms with van der Waals surface area (Å²) in [6.45, 7) is 1.32. The lowest BCUT2D eigenvalue weighted by molar-refractivity contribution is 0.0659. The third-order valence-corrected chi connectivity index (χ3v) is 4.01. The third kappa shape index (κ3) is 3.22. The second-order valence-corrected chi connectivity index (χ2v) is 6.30. The molecule has 0 aromatic carbocycles. The Hall–Kier alpha value is -1.11. The first kappa shape index (κ1) is 13.3. The Morgan fingerprint density at radius 2 is 2.33 bits per heavy atom. The third-order valence-electron chi connectivity index (χ3n) is 2.46. The van der Waals surface area contributed by atoms with Crippen molar-refractivity contribution in [2.24, 2.45) is 0 Å². The lowest BCUT2D eigenvalue weighted by Crippen LogP contribution is -2.18. The lowest BCUT2D eigenvalue weighted by Gasteiger charge is -2.14. The summed E-state index contributed by atoms with van der Waals surface area (Å²) in [7, 11) is 1.95. The molecule has 0 atom stereocenters. The quantitative estimate of drug-likeness (QED) is 0.912. The molecule has 0 radical (unpaired) electrons. The zero-order valence-electron chi connectivity index (χ0n) is 9.72. The molecule has 0 fully saturated rings. The van der Waals surface area contributed by atoms with E-state index in [-0.39, 0.29) is 5.76 Å². The SMILES string of the molecule is CN(Cc1csc(Br)c1)Cc1ccoc1C(=O)O. The van der Waals surface area contributed by atoms with Gasteiger partial charge in [-0.25, -0.2) is 4.79 Å². The molecule has 18 heavy (non-hydrogen) atoms. The van der Waals surface area contributed by atoms with Crippen LogP contribution in [0.1, 0.15) is 21.7 Å². The van der Waals surface area contributed by atoms with Crippen molar-refractivity contribution in [1.29, 1.82) is 0 Å². The molecule has 0 unspecified atom stereocenters. The van der Waals surface area contributed by atoms with E-state index in [4.69, 9.17) is 9.52 Å². The Bertz CT molecular complexity index is 549. The minimum atomic E-state index is -1.03. The van der Waals surface area contributed by atoms with Gasteiger partial charge in [0.05, 0.1) is 10.0 Å². The zero-order valence-corrected chi connectivity index (χ0v) is 12.1. The molecule has 2 aromatic heterocycles. The minimum absolute atomic E-state index is 0.0216. The topological polar surface area (TPSA) is 53.7 Å². The predicted molar refractivity (Wildman–Crippen MR) is 72.9 cm³/mol. The maximum absolute atomic E-state index is 10.9. The average molecular weight is 330 g/mol. The van der Waals surface area contributed by atoms with Gasteiger partial charge in [-0.1, -0.05) is 0 Å². The van der Waals surface area contributed by atoms with Crippen LogP contribution in [0.2, 0.25) is 0 Å². The van der Waals surface area contributed by atoms with Crippen LogP contribution in [0.5, 0.6) is 0 Å². The number of halogens is 1. The number of hydrogen-bond donors (Lipinski definition) is 1. The van der Waals surface area contributed by atoms with Gasteiger partial charge in [0.1, 0.15) is 0 Å². The molecule has 0 spiro atoms. The van der Waals surface area contributed by atoms with E-state index < -0.39 is 5.97 Å². The molecule has 0 bridgehead atoms. The second-order valence-electron chi connectivity index (χ2n) is 4.01. The van der Waals surface area contributed by atoms with E-state index in [0.717, 1.165) is 10.3 Å². The Balaban J connectivity index is 2.00. The lowest BCUT2D eigenvalue weighted by atomic mass is 10.2. The van der Waals surface area contributed by atoms with Crippen LogP contribution in [0.25, 0.3) is 0 Å². The molecule has 2 aromatic rings. The average Bonchev–Trinajstić information content (AvgIpc) is 2.87. The summed E-state index contributed by atoms with van der Waals surface area (Å²) in [5.74, 6) is -1.00. The molecule has 6 heteroatoms. The maximum Gasteiger partial charge on any atom is 0.372 e. The Morgan fingerprint density at radius 3 is 2.94 bits per heavy atom. The smallest absolute Gasteiger partial charge is 0.372 e. The van der Waals surface area contributed by atoms with E-state index in [1.807, 2.05) is 11.9 Å². The zero-order chi connectivity index (χ0) is 13.1. The molecule has 2 heterocycles. The molecular formula is C12H12BrNO3S. The van der Waals surface area contributed by atoms with E-state index in [2.05, 4.69) is 27.4 Å². The van der Waals surface area contributed by atoms with Crippen molar-refractivity contribution in [1.82, 2.24) is 4.90 Å². The van der Waals surface area contributed by atoms with Crippen LogP contribution < -0.4 is 0 Å². The number of aromatic carboxylic acids is 1. The van der Waals surface area contributed by atoms with Crippen LogP contribution in [-0.2, 0) is 13.1 Å². The standard InChI is InChI=1S/C12H12BrNO3S/c1-14(5-8-4-10(13)18-7-8)6-9-2-3-17-11(9)12(15)16/h2-4,7H,5-6H2,1H3,(H,15,16). The number of rotatable bonds is 5. The molecule has 0 amide bonds. The Morgan fingerprint density at radius 1 is 1.56 bits per heavy atom. The fourth-order valence-electron chi connectivity index (χ4n) is 1.73. The Kier molecular flexibility index (Phi) is 4.21. The summed E-state index contributed by atoms with van der Waals surface area (Å²) in [6.07, 6.45) is 1.41. The summed E-state index contributed by atoms with van der Waals surface area (Å²) in [6, 6.07) is 3.76. The van der Waals surface area contributed by atoms with Crippen LogP contribution in [0.15, 0.2) is 32.0 Å². The van der Waals surface area contributed by atoms with Gasteiger partial charge in [0, 0.05) is 18.7 Å². The van der Waals surface area contributed by atoms with Crippen molar-refractivity contribution in [3.05, 3.63) is 44.4 Å². The molecule has 4 nitrogen and oxygen atoms in total. The normalized spacial score (nSPS) is 11.1. The number of carboxylic acid groups (broad SMARTS) is 1. The van der Waals surface area contributed by atoms with Crippen molar-refractivity contribution in [2.45, 2.75) is 13.1 Å². The van der Waals surface area contributed by atoms with Crippen molar-refractivity contribution in [3.8, 4) is 0 Å². The van der Waals surface area contributed by atoms with Gasteiger partial charge in [-0.15, -0.1) is 11.3 Å². The van der Waals surface area contributed by atoms with E-state index in [9.17, 15) is 4.79 Å². The summed E-state index contributed by atoms with van der Waals surface area (Å²) in [5.41, 5.74) is 1.90. The van der Waals surface area contributed by atoms with E-state index >= 15 is 0 Å². The summed E-state index contributed by atoms with van der Waals surface area (Å²) < 4.78 is 6.05. The highest BCUT2D eigenvalue weighted by atomic mass is 79.9. The van der Waals surface area contributed by atoms with Gasteiger partial charge in [0.2, 0.25) is 5.76 Å². The molecule has 0 aliphatic rings. The molecule has 0 aliphatic heterocycles. The van der Waals surface area contributed by atoms with Crippen molar-refractivity contribution >= 4 is 33.2 Å². The molecule has 2 rings (SSSR count). The van der Waals surface area contributed by atoms with Crippen molar-refractivity contribution < 1.29 is 14.3 Å². The summed E-state index contributed by atoms with van der Waals surface area (Å²) in [4.78, 5) is 13.0. The second kappa shape index (κ2) is 5.69. The number of hydrogen-bond acceptors (Lipinski definition) is 4. The van der Waals surface area contributed by atoms with E-state index in [1.54, 1.807) is 17.4 Å². The number of nitrogens with zero attached hydrogens (tertiary/aromatic N) is 1. The van der Waals surface area contributed by atoms with Gasteiger partial charge in [-0.05, 0) is 46.1 Å². The van der Waals surface area contributed by atoms with Crippen LogP contribution in [0.4, 0.5) is 0 Å². The van der Waals surface area contributed by atoms with Crippen molar-refractivity contribution in [3.63, 3.8) is 0 Å². The highest BCUT2D eigenvalue weighted by Gasteiger charge is 2.15. The van der Waals surface area contributed by atoms with Gasteiger partial charge in [-0.3, -0.25) is 4.90 Å². The van der Waals surface area contributed by atoms with Gasteiger partial charge in [-0.2, -0.15) is 0 Å². The Labute approximate surface area is 117 Å². The van der Waals surface area contributed by atoms with Gasteiger partial charge < -0.3 is 9.52 Å². The molecule has 0 aliphatic carbocycles. The molecule has 0 saturated heterocycles. The van der Waals surface area contributed by atoms with E-state index in [0.29, 0.717) is 12.1 Å². The fourth-order valence-corrected chi connectivity index (χ4v) is 2.94. The number of carboxylic acids is 1. The highest BCUT2D eigenvalue weighted by molar-refractivity contribution is 9.11. The molecular weight excluding hydrogens is 318 g/mol. The van der Waals surface area contributed by atoms with Crippen molar-refractivity contribution in [2.75, 3.05) is 7.05 Å². The first-order valence-electron chi connectivity index (χ1n) is 5.27. The van der Waals surface area contributed by atoms with Gasteiger partial charge in [0.25, 0.3) is 0 Å². The van der Waals surface area contributed by atoms with E-state index in [1.165, 1.54) is 11.8 Å². The molecule has 96 valence electrons. The molecule has 1 N–H and O–H groups in total. The molecule has 0 saturated carbocycles. The predicted octanol–water partition coefficient (Wildman–Crippen LogP) is 3.43. The number of thiophene rings is 1. The van der Waals surface area contributed by atoms with Crippen LogP contribution in [-0.4, -0.2) is 23.0 Å². The van der Waals surface area contributed by atoms with Crippen LogP contribution >= 0.6 is 27.3 Å². The number of carbonyl (C=O) groups is 1. The van der Waals surface area contributed by atoms with Gasteiger partial charge in [0.15, 0.2) is 0 Å². The monoisotopic (exact) mass is 329 g/mol. The summed E-state index contributed by atoms with van der Waals surface area (Å²) in [5, 5.41) is 11.0. The highest BCUT2D eigenvalue weighted by Crippen LogP contribution is 2.22.